The van der Waals surface area contributed by atoms with Crippen LogP contribution in [0.15, 0.2) is 22.8 Å². The number of nitrogen functional groups attached to an aromatic ring is 1. The molecule has 0 bridgehead atoms. The predicted molar refractivity (Wildman–Crippen MR) is 63.7 cm³/mol. The van der Waals surface area contributed by atoms with Gasteiger partial charge in [0.05, 0.1) is 0 Å². The van der Waals surface area contributed by atoms with E-state index in [1.54, 1.807) is 0 Å². The summed E-state index contributed by atoms with van der Waals surface area (Å²) < 4.78 is 39.8. The lowest BCUT2D eigenvalue weighted by Gasteiger charge is -2.08. The summed E-state index contributed by atoms with van der Waals surface area (Å²) in [5.41, 5.74) is 4.90. The summed E-state index contributed by atoms with van der Waals surface area (Å²) in [7, 11) is 0. The van der Waals surface area contributed by atoms with E-state index in [0.29, 0.717) is 16.7 Å². The van der Waals surface area contributed by atoms with Gasteiger partial charge in [0.1, 0.15) is 21.9 Å². The van der Waals surface area contributed by atoms with E-state index in [1.165, 1.54) is 6.07 Å². The third kappa shape index (κ3) is 2.70. The molecule has 1 aromatic carbocycles. The van der Waals surface area contributed by atoms with Crippen molar-refractivity contribution in [2.75, 3.05) is 11.1 Å². The van der Waals surface area contributed by atoms with Crippen LogP contribution in [0, 0.1) is 17.5 Å². The molecule has 4 nitrogen and oxygen atoms in total. The van der Waals surface area contributed by atoms with Crippen molar-refractivity contribution in [2.24, 2.45) is 0 Å². The van der Waals surface area contributed by atoms with Crippen LogP contribution in [-0.4, -0.2) is 9.97 Å². The van der Waals surface area contributed by atoms with E-state index in [2.05, 4.69) is 31.2 Å². The molecule has 3 N–H and O–H groups in total. The molecule has 0 aliphatic carbocycles. The van der Waals surface area contributed by atoms with Gasteiger partial charge in [0.2, 0.25) is 5.95 Å². The number of aromatic nitrogens is 2. The molecule has 0 aliphatic heterocycles. The summed E-state index contributed by atoms with van der Waals surface area (Å²) in [4.78, 5) is 7.55. The minimum atomic E-state index is -1.09. The highest BCUT2D eigenvalue weighted by Crippen LogP contribution is 2.24. The highest BCUT2D eigenvalue weighted by molar-refractivity contribution is 9.10. The van der Waals surface area contributed by atoms with Crippen LogP contribution in [0.2, 0.25) is 0 Å². The molecule has 0 atom stereocenters. The maximum Gasteiger partial charge on any atom is 0.230 e. The molecule has 2 rings (SSSR count). The maximum atomic E-state index is 13.4. The molecule has 0 fully saturated rings. The molecule has 0 saturated heterocycles. The highest BCUT2D eigenvalue weighted by atomic mass is 79.9. The molecule has 8 heteroatoms. The average molecular weight is 319 g/mol. The standard InChI is InChI=1S/C10H6BrF3N4/c11-7-3-8(15)17-10(16-7)18-9-5(13)1-4(12)2-6(9)14/h1-3H,(H3,15,16,17,18). The second-order valence-electron chi connectivity index (χ2n) is 3.31. The third-order valence-electron chi connectivity index (χ3n) is 1.96. The number of nitrogens with one attached hydrogen (secondary N) is 1. The average Bonchev–Trinajstić information content (AvgIpc) is 2.22. The fourth-order valence-corrected chi connectivity index (χ4v) is 1.67. The molecular formula is C10H6BrF3N4. The van der Waals surface area contributed by atoms with E-state index in [4.69, 9.17) is 5.73 Å². The van der Waals surface area contributed by atoms with Crippen LogP contribution in [0.25, 0.3) is 0 Å². The summed E-state index contributed by atoms with van der Waals surface area (Å²) in [5.74, 6) is -3.18. The van der Waals surface area contributed by atoms with E-state index in [0.717, 1.165) is 0 Å². The monoisotopic (exact) mass is 318 g/mol. The highest BCUT2D eigenvalue weighted by Gasteiger charge is 2.13. The Morgan fingerprint density at radius 2 is 1.67 bits per heavy atom. The normalized spacial score (nSPS) is 10.4. The zero-order valence-corrected chi connectivity index (χ0v) is 10.3. The van der Waals surface area contributed by atoms with Gasteiger partial charge in [-0.25, -0.2) is 18.2 Å². The van der Waals surface area contributed by atoms with Crippen molar-refractivity contribution >= 4 is 33.4 Å². The molecule has 0 unspecified atom stereocenters. The minimum Gasteiger partial charge on any atom is -0.383 e. The van der Waals surface area contributed by atoms with Crippen LogP contribution in [0.3, 0.4) is 0 Å². The van der Waals surface area contributed by atoms with Gasteiger partial charge in [0.15, 0.2) is 11.6 Å². The fourth-order valence-electron chi connectivity index (χ4n) is 1.26. The summed E-state index contributed by atoms with van der Waals surface area (Å²) in [6.07, 6.45) is 0. The van der Waals surface area contributed by atoms with E-state index in [-0.39, 0.29) is 11.8 Å². The van der Waals surface area contributed by atoms with Gasteiger partial charge >= 0.3 is 0 Å². The maximum absolute atomic E-state index is 13.4. The lowest BCUT2D eigenvalue weighted by atomic mass is 10.3. The van der Waals surface area contributed by atoms with Crippen molar-refractivity contribution in [3.8, 4) is 0 Å². The number of benzene rings is 1. The number of nitrogens with zero attached hydrogens (tertiary/aromatic N) is 2. The summed E-state index contributed by atoms with van der Waals surface area (Å²) >= 11 is 3.06. The smallest absolute Gasteiger partial charge is 0.230 e. The molecular weight excluding hydrogens is 313 g/mol. The second kappa shape index (κ2) is 4.81. The molecule has 1 aromatic heterocycles. The number of nitrogens with two attached hydrogens (primary N) is 1. The number of rotatable bonds is 2. The summed E-state index contributed by atoms with van der Waals surface area (Å²) in [6, 6.07) is 2.52. The SMILES string of the molecule is Nc1cc(Br)nc(Nc2c(F)cc(F)cc2F)n1. The van der Waals surface area contributed by atoms with Gasteiger partial charge in [-0.3, -0.25) is 0 Å². The second-order valence-corrected chi connectivity index (χ2v) is 4.12. The van der Waals surface area contributed by atoms with Crippen molar-refractivity contribution < 1.29 is 13.2 Å². The van der Waals surface area contributed by atoms with Crippen LogP contribution >= 0.6 is 15.9 Å². The Labute approximate surface area is 108 Å². The zero-order valence-electron chi connectivity index (χ0n) is 8.72. The van der Waals surface area contributed by atoms with Crippen molar-refractivity contribution in [1.29, 1.82) is 0 Å². The zero-order chi connectivity index (χ0) is 13.3. The summed E-state index contributed by atoms with van der Waals surface area (Å²) in [6.45, 7) is 0. The van der Waals surface area contributed by atoms with Crippen LogP contribution in [0.5, 0.6) is 0 Å². The van der Waals surface area contributed by atoms with E-state index < -0.39 is 23.1 Å². The Bertz CT molecular complexity index is 562. The first-order valence-corrected chi connectivity index (χ1v) is 5.46. The third-order valence-corrected chi connectivity index (χ3v) is 2.36. The molecule has 0 aliphatic rings. The Kier molecular flexibility index (Phi) is 3.37. The van der Waals surface area contributed by atoms with Crippen LogP contribution in [-0.2, 0) is 0 Å². The number of anilines is 3. The quantitative estimate of drug-likeness (QED) is 0.835. The van der Waals surface area contributed by atoms with Gasteiger partial charge in [-0.2, -0.15) is 4.98 Å². The molecule has 0 amide bonds. The van der Waals surface area contributed by atoms with Gasteiger partial charge < -0.3 is 11.1 Å². The predicted octanol–water partition coefficient (Wildman–Crippen LogP) is 2.98. The molecule has 2 aromatic rings. The Hall–Kier alpha value is -1.83. The van der Waals surface area contributed by atoms with Gasteiger partial charge in [-0.15, -0.1) is 0 Å². The van der Waals surface area contributed by atoms with Crippen LogP contribution < -0.4 is 11.1 Å². The Morgan fingerprint density at radius 3 is 2.22 bits per heavy atom. The van der Waals surface area contributed by atoms with Crippen molar-refractivity contribution in [2.45, 2.75) is 0 Å². The number of halogens is 4. The van der Waals surface area contributed by atoms with Crippen molar-refractivity contribution in [3.05, 3.63) is 40.3 Å². The molecule has 1 heterocycles. The number of hydrogen-bond acceptors (Lipinski definition) is 4. The molecule has 0 spiro atoms. The van der Waals surface area contributed by atoms with Gasteiger partial charge in [0, 0.05) is 18.2 Å². The molecule has 0 saturated carbocycles. The molecule has 0 radical (unpaired) electrons. The van der Waals surface area contributed by atoms with E-state index in [1.807, 2.05) is 0 Å². The topological polar surface area (TPSA) is 63.8 Å². The van der Waals surface area contributed by atoms with Crippen molar-refractivity contribution in [3.63, 3.8) is 0 Å². The van der Waals surface area contributed by atoms with Gasteiger partial charge in [0.25, 0.3) is 0 Å². The lowest BCUT2D eigenvalue weighted by molar-refractivity contribution is 0.548. The van der Waals surface area contributed by atoms with Gasteiger partial charge in [-0.05, 0) is 15.9 Å². The summed E-state index contributed by atoms with van der Waals surface area (Å²) in [5, 5.41) is 2.30. The number of hydrogen-bond donors (Lipinski definition) is 2. The first-order chi connectivity index (χ1) is 8.45. The minimum absolute atomic E-state index is 0.105. The Morgan fingerprint density at radius 1 is 1.06 bits per heavy atom. The van der Waals surface area contributed by atoms with Gasteiger partial charge in [-0.1, -0.05) is 0 Å². The van der Waals surface area contributed by atoms with Crippen molar-refractivity contribution in [1.82, 2.24) is 9.97 Å². The lowest BCUT2D eigenvalue weighted by Crippen LogP contribution is -2.04. The fraction of sp³-hybridized carbons (Fsp3) is 0. The molecule has 94 valence electrons. The first kappa shape index (κ1) is 12.6. The first-order valence-electron chi connectivity index (χ1n) is 4.67. The van der Waals surface area contributed by atoms with Crippen LogP contribution in [0.4, 0.5) is 30.6 Å². The Balaban J connectivity index is 2.40. The molecule has 18 heavy (non-hydrogen) atoms. The largest absolute Gasteiger partial charge is 0.383 e. The van der Waals surface area contributed by atoms with E-state index in [9.17, 15) is 13.2 Å². The van der Waals surface area contributed by atoms with Crippen LogP contribution in [0.1, 0.15) is 0 Å². The van der Waals surface area contributed by atoms with E-state index >= 15 is 0 Å².